The molecule has 1 aromatic carbocycles. The van der Waals surface area contributed by atoms with Gasteiger partial charge in [0.15, 0.2) is 0 Å². The number of hydrogen-bond donors (Lipinski definition) is 0. The second-order valence-electron chi connectivity index (χ2n) is 7.53. The number of carbonyl (C=O) groups is 1. The highest BCUT2D eigenvalue weighted by Gasteiger charge is 2.42. The molecule has 0 aromatic heterocycles. The number of unbranched alkanes of at least 4 members (excludes halogenated alkanes) is 1. The van der Waals surface area contributed by atoms with Gasteiger partial charge in [0.05, 0.1) is 7.11 Å². The van der Waals surface area contributed by atoms with Crippen molar-refractivity contribution in [1.29, 1.82) is 0 Å². The lowest BCUT2D eigenvalue weighted by atomic mass is 9.78. The number of fused-ring (bicyclic) bond motifs is 1. The summed E-state index contributed by atoms with van der Waals surface area (Å²) in [5, 5.41) is 0. The topological polar surface area (TPSA) is 29.5 Å². The molecule has 2 rings (SSSR count). The highest BCUT2D eigenvalue weighted by atomic mass is 16.5. The maximum absolute atomic E-state index is 12.5. The number of benzene rings is 1. The van der Waals surface area contributed by atoms with Gasteiger partial charge in [-0.3, -0.25) is 0 Å². The van der Waals surface area contributed by atoms with Crippen LogP contribution < -0.4 is 4.90 Å². The molecule has 0 fully saturated rings. The Kier molecular flexibility index (Phi) is 5.38. The summed E-state index contributed by atoms with van der Waals surface area (Å²) in [7, 11) is 1.50. The molecule has 0 saturated carbocycles. The van der Waals surface area contributed by atoms with Crippen LogP contribution in [0.4, 0.5) is 5.69 Å². The van der Waals surface area contributed by atoms with Crippen molar-refractivity contribution in [3.63, 3.8) is 0 Å². The average molecular weight is 317 g/mol. The van der Waals surface area contributed by atoms with Gasteiger partial charge in [-0.2, -0.15) is 0 Å². The van der Waals surface area contributed by atoms with Gasteiger partial charge in [-0.1, -0.05) is 44.4 Å². The zero-order valence-electron chi connectivity index (χ0n) is 15.5. The molecule has 0 saturated heterocycles. The molecule has 0 radical (unpaired) electrons. The SMILES string of the molecule is CCCC[C@@H](C(=O)OC)N1c2ccc(C)cc2[C@@H](C)CC1(C)C. The minimum atomic E-state index is -0.205. The highest BCUT2D eigenvalue weighted by Crippen LogP contribution is 2.45. The average Bonchev–Trinajstić information content (AvgIpc) is 2.49. The van der Waals surface area contributed by atoms with Gasteiger partial charge < -0.3 is 9.64 Å². The molecule has 0 unspecified atom stereocenters. The molecule has 1 heterocycles. The number of anilines is 1. The minimum absolute atomic E-state index is 0.0612. The first-order valence-electron chi connectivity index (χ1n) is 8.79. The van der Waals surface area contributed by atoms with Crippen molar-refractivity contribution >= 4 is 11.7 Å². The molecule has 0 aliphatic carbocycles. The van der Waals surface area contributed by atoms with Crippen LogP contribution in [-0.4, -0.2) is 24.7 Å². The first-order chi connectivity index (χ1) is 10.8. The van der Waals surface area contributed by atoms with Crippen molar-refractivity contribution in [2.24, 2.45) is 0 Å². The van der Waals surface area contributed by atoms with Gasteiger partial charge in [0.2, 0.25) is 0 Å². The monoisotopic (exact) mass is 317 g/mol. The maximum atomic E-state index is 12.5. The van der Waals surface area contributed by atoms with E-state index >= 15 is 0 Å². The Hall–Kier alpha value is -1.51. The second kappa shape index (κ2) is 6.94. The van der Waals surface area contributed by atoms with Crippen LogP contribution in [0.1, 0.15) is 70.4 Å². The van der Waals surface area contributed by atoms with E-state index in [-0.39, 0.29) is 17.6 Å². The molecule has 2 atom stereocenters. The molecule has 3 heteroatoms. The predicted octanol–water partition coefficient (Wildman–Crippen LogP) is 4.82. The molecule has 0 N–H and O–H groups in total. The Labute approximate surface area is 141 Å². The van der Waals surface area contributed by atoms with Gasteiger partial charge in [-0.25, -0.2) is 4.79 Å². The Morgan fingerprint density at radius 1 is 1.43 bits per heavy atom. The number of hydrogen-bond acceptors (Lipinski definition) is 3. The Bertz CT molecular complexity index is 565. The summed E-state index contributed by atoms with van der Waals surface area (Å²) in [5.41, 5.74) is 3.77. The van der Waals surface area contributed by atoms with Crippen LogP contribution in [0.5, 0.6) is 0 Å². The van der Waals surface area contributed by atoms with E-state index in [0.29, 0.717) is 5.92 Å². The normalized spacial score (nSPS) is 20.8. The largest absolute Gasteiger partial charge is 0.467 e. The van der Waals surface area contributed by atoms with E-state index < -0.39 is 0 Å². The van der Waals surface area contributed by atoms with E-state index in [1.807, 2.05) is 0 Å². The summed E-state index contributed by atoms with van der Waals surface area (Å²) in [6.07, 6.45) is 4.00. The van der Waals surface area contributed by atoms with Crippen molar-refractivity contribution < 1.29 is 9.53 Å². The van der Waals surface area contributed by atoms with E-state index in [2.05, 4.69) is 57.7 Å². The van der Waals surface area contributed by atoms with Crippen LogP contribution in [0.3, 0.4) is 0 Å². The third-order valence-corrected chi connectivity index (χ3v) is 5.05. The molecule has 0 amide bonds. The zero-order valence-corrected chi connectivity index (χ0v) is 15.5. The van der Waals surface area contributed by atoms with E-state index in [1.165, 1.54) is 23.9 Å². The number of ether oxygens (including phenoxy) is 1. The first-order valence-corrected chi connectivity index (χ1v) is 8.79. The standard InChI is InChI=1S/C20H31NO2/c1-7-8-9-18(19(22)23-6)21-17-11-10-14(2)12-16(17)15(3)13-20(21,4)5/h10-12,15,18H,7-9,13H2,1-6H3/t15-,18-/m0/s1. The quantitative estimate of drug-likeness (QED) is 0.729. The summed E-state index contributed by atoms with van der Waals surface area (Å²) in [6, 6.07) is 6.40. The van der Waals surface area contributed by atoms with Crippen LogP contribution >= 0.6 is 0 Å². The Morgan fingerprint density at radius 2 is 2.13 bits per heavy atom. The lowest BCUT2D eigenvalue weighted by Crippen LogP contribution is -2.56. The van der Waals surface area contributed by atoms with Crippen molar-refractivity contribution in [3.8, 4) is 0 Å². The molecule has 0 bridgehead atoms. The predicted molar refractivity (Wildman–Crippen MR) is 96.1 cm³/mol. The summed E-state index contributed by atoms with van der Waals surface area (Å²) < 4.78 is 5.14. The fourth-order valence-corrected chi connectivity index (χ4v) is 4.05. The minimum Gasteiger partial charge on any atom is -0.467 e. The van der Waals surface area contributed by atoms with Crippen molar-refractivity contribution in [3.05, 3.63) is 29.3 Å². The Balaban J connectivity index is 2.52. The number of esters is 1. The fourth-order valence-electron chi connectivity index (χ4n) is 4.05. The van der Waals surface area contributed by atoms with Gasteiger partial charge in [-0.05, 0) is 51.2 Å². The van der Waals surface area contributed by atoms with Crippen LogP contribution in [-0.2, 0) is 9.53 Å². The smallest absolute Gasteiger partial charge is 0.328 e. The van der Waals surface area contributed by atoms with E-state index in [9.17, 15) is 4.79 Å². The number of nitrogens with zero attached hydrogens (tertiary/aromatic N) is 1. The zero-order chi connectivity index (χ0) is 17.2. The highest BCUT2D eigenvalue weighted by molar-refractivity contribution is 5.81. The van der Waals surface area contributed by atoms with E-state index in [1.54, 1.807) is 0 Å². The van der Waals surface area contributed by atoms with Crippen LogP contribution in [0, 0.1) is 6.92 Å². The van der Waals surface area contributed by atoms with Gasteiger partial charge >= 0.3 is 5.97 Å². The summed E-state index contributed by atoms with van der Waals surface area (Å²) in [5.74, 6) is 0.383. The first kappa shape index (κ1) is 17.8. The molecule has 1 aromatic rings. The molecular formula is C20H31NO2. The van der Waals surface area contributed by atoms with E-state index in [0.717, 1.165) is 25.7 Å². The molecule has 23 heavy (non-hydrogen) atoms. The number of rotatable bonds is 5. The molecule has 0 spiro atoms. The molecular weight excluding hydrogens is 286 g/mol. The summed E-state index contributed by atoms with van der Waals surface area (Å²) >= 11 is 0. The third-order valence-electron chi connectivity index (χ3n) is 5.05. The third kappa shape index (κ3) is 3.54. The maximum Gasteiger partial charge on any atom is 0.328 e. The number of aryl methyl sites for hydroxylation is 1. The van der Waals surface area contributed by atoms with Gasteiger partial charge in [0.1, 0.15) is 6.04 Å². The van der Waals surface area contributed by atoms with Crippen molar-refractivity contribution in [1.82, 2.24) is 0 Å². The lowest BCUT2D eigenvalue weighted by Gasteiger charge is -2.50. The summed E-state index contributed by atoms with van der Waals surface area (Å²) in [4.78, 5) is 14.8. The van der Waals surface area contributed by atoms with Gasteiger partial charge in [0.25, 0.3) is 0 Å². The van der Waals surface area contributed by atoms with Gasteiger partial charge in [0, 0.05) is 11.2 Å². The molecule has 128 valence electrons. The number of methoxy groups -OCH3 is 1. The lowest BCUT2D eigenvalue weighted by molar-refractivity contribution is -0.142. The van der Waals surface area contributed by atoms with E-state index in [4.69, 9.17) is 4.74 Å². The molecule has 1 aliphatic heterocycles. The molecule has 3 nitrogen and oxygen atoms in total. The van der Waals surface area contributed by atoms with Crippen LogP contribution in [0.25, 0.3) is 0 Å². The van der Waals surface area contributed by atoms with Crippen molar-refractivity contribution in [2.45, 2.75) is 77.8 Å². The second-order valence-corrected chi connectivity index (χ2v) is 7.53. The number of carbonyl (C=O) groups excluding carboxylic acids is 1. The fraction of sp³-hybridized carbons (Fsp3) is 0.650. The van der Waals surface area contributed by atoms with Crippen LogP contribution in [0.2, 0.25) is 0 Å². The van der Waals surface area contributed by atoms with Crippen LogP contribution in [0.15, 0.2) is 18.2 Å². The summed E-state index contributed by atoms with van der Waals surface area (Å²) in [6.45, 7) is 11.1. The Morgan fingerprint density at radius 3 is 2.74 bits per heavy atom. The van der Waals surface area contributed by atoms with Gasteiger partial charge in [-0.15, -0.1) is 0 Å². The molecule has 1 aliphatic rings. The van der Waals surface area contributed by atoms with Crippen molar-refractivity contribution in [2.75, 3.05) is 12.0 Å².